The van der Waals surface area contributed by atoms with E-state index in [4.69, 9.17) is 5.73 Å². The van der Waals surface area contributed by atoms with Crippen LogP contribution in [0.15, 0.2) is 30.3 Å². The van der Waals surface area contributed by atoms with Crippen LogP contribution in [0.3, 0.4) is 0 Å². The Hall–Kier alpha value is -0.860. The maximum atomic E-state index is 6.02. The number of rotatable bonds is 7. The highest BCUT2D eigenvalue weighted by Crippen LogP contribution is 2.28. The first-order chi connectivity index (χ1) is 9.79. The van der Waals surface area contributed by atoms with Crippen LogP contribution in [0, 0.1) is 5.92 Å². The van der Waals surface area contributed by atoms with Gasteiger partial charge in [-0.2, -0.15) is 0 Å². The highest BCUT2D eigenvalue weighted by molar-refractivity contribution is 5.14. The zero-order chi connectivity index (χ0) is 14.2. The van der Waals surface area contributed by atoms with E-state index in [-0.39, 0.29) is 0 Å². The molecule has 1 aromatic rings. The minimum Gasteiger partial charge on any atom is -0.329 e. The van der Waals surface area contributed by atoms with Crippen molar-refractivity contribution in [3.8, 4) is 0 Å². The summed E-state index contributed by atoms with van der Waals surface area (Å²) >= 11 is 0. The molecular weight excluding hydrogens is 244 g/mol. The second kappa shape index (κ2) is 8.43. The Morgan fingerprint density at radius 2 is 1.85 bits per heavy atom. The molecule has 0 amide bonds. The van der Waals surface area contributed by atoms with Crippen molar-refractivity contribution in [1.29, 1.82) is 0 Å². The number of nitrogens with two attached hydrogens (primary N) is 1. The monoisotopic (exact) mass is 274 g/mol. The van der Waals surface area contributed by atoms with E-state index in [1.165, 1.54) is 44.1 Å². The Labute approximate surface area is 124 Å². The average Bonchev–Trinajstić information content (AvgIpc) is 2.52. The van der Waals surface area contributed by atoms with Crippen molar-refractivity contribution in [2.75, 3.05) is 20.1 Å². The summed E-state index contributed by atoms with van der Waals surface area (Å²) in [7, 11) is 2.24. The molecule has 1 atom stereocenters. The summed E-state index contributed by atoms with van der Waals surface area (Å²) in [6.07, 6.45) is 9.55. The fraction of sp³-hybridized carbons (Fsp3) is 0.667. The van der Waals surface area contributed by atoms with Crippen LogP contribution in [0.4, 0.5) is 0 Å². The summed E-state index contributed by atoms with van der Waals surface area (Å²) in [5.41, 5.74) is 7.44. The molecule has 1 saturated carbocycles. The van der Waals surface area contributed by atoms with E-state index in [2.05, 4.69) is 42.3 Å². The highest BCUT2D eigenvalue weighted by Gasteiger charge is 2.20. The van der Waals surface area contributed by atoms with E-state index >= 15 is 0 Å². The summed E-state index contributed by atoms with van der Waals surface area (Å²) in [6, 6.07) is 11.3. The summed E-state index contributed by atoms with van der Waals surface area (Å²) in [6.45, 7) is 1.90. The van der Waals surface area contributed by atoms with E-state index in [0.717, 1.165) is 25.4 Å². The van der Waals surface area contributed by atoms with Crippen molar-refractivity contribution in [3.05, 3.63) is 35.9 Å². The van der Waals surface area contributed by atoms with Crippen LogP contribution in [-0.4, -0.2) is 31.1 Å². The molecule has 2 heteroatoms. The maximum absolute atomic E-state index is 6.02. The Morgan fingerprint density at radius 3 is 2.50 bits per heavy atom. The van der Waals surface area contributed by atoms with E-state index in [1.807, 2.05) is 0 Å². The summed E-state index contributed by atoms with van der Waals surface area (Å²) in [5, 5.41) is 0. The van der Waals surface area contributed by atoms with Crippen molar-refractivity contribution in [2.45, 2.75) is 51.0 Å². The number of hydrogen-bond donors (Lipinski definition) is 1. The minimum atomic E-state index is 0.557. The first-order valence-electron chi connectivity index (χ1n) is 8.24. The summed E-state index contributed by atoms with van der Waals surface area (Å²) in [5.74, 6) is 0.913. The molecule has 2 N–H and O–H groups in total. The normalized spacial score (nSPS) is 18.4. The van der Waals surface area contributed by atoms with Gasteiger partial charge >= 0.3 is 0 Å². The van der Waals surface area contributed by atoms with E-state index < -0.39 is 0 Å². The molecule has 0 heterocycles. The first-order valence-corrected chi connectivity index (χ1v) is 8.24. The molecule has 1 fully saturated rings. The molecule has 1 aliphatic carbocycles. The number of nitrogens with zero attached hydrogens (tertiary/aromatic N) is 1. The first kappa shape index (κ1) is 15.5. The lowest BCUT2D eigenvalue weighted by Gasteiger charge is -2.32. The van der Waals surface area contributed by atoms with Crippen molar-refractivity contribution in [1.82, 2.24) is 4.90 Å². The third-order valence-corrected chi connectivity index (χ3v) is 4.82. The zero-order valence-corrected chi connectivity index (χ0v) is 12.9. The van der Waals surface area contributed by atoms with E-state index in [0.29, 0.717) is 6.04 Å². The number of hydrogen-bond acceptors (Lipinski definition) is 2. The van der Waals surface area contributed by atoms with Crippen molar-refractivity contribution >= 4 is 0 Å². The van der Waals surface area contributed by atoms with Gasteiger partial charge in [0.2, 0.25) is 0 Å². The van der Waals surface area contributed by atoms with Gasteiger partial charge in [0.05, 0.1) is 0 Å². The molecule has 2 rings (SSSR count). The number of likely N-dealkylation sites (N-methyl/N-ethyl adjacent to an activating group) is 1. The molecular formula is C18H30N2. The smallest absolute Gasteiger partial charge is 0.0218 e. The fourth-order valence-electron chi connectivity index (χ4n) is 3.40. The second-order valence-corrected chi connectivity index (χ2v) is 6.35. The van der Waals surface area contributed by atoms with Crippen LogP contribution in [0.2, 0.25) is 0 Å². The van der Waals surface area contributed by atoms with Gasteiger partial charge in [0.25, 0.3) is 0 Å². The molecule has 112 valence electrons. The van der Waals surface area contributed by atoms with Gasteiger partial charge in [-0.05, 0) is 31.4 Å². The topological polar surface area (TPSA) is 29.3 Å². The van der Waals surface area contributed by atoms with Crippen LogP contribution >= 0.6 is 0 Å². The van der Waals surface area contributed by atoms with Gasteiger partial charge in [0.1, 0.15) is 0 Å². The number of benzene rings is 1. The fourth-order valence-corrected chi connectivity index (χ4v) is 3.40. The molecule has 2 nitrogen and oxygen atoms in total. The van der Waals surface area contributed by atoms with E-state index in [1.54, 1.807) is 0 Å². The molecule has 0 bridgehead atoms. The molecule has 20 heavy (non-hydrogen) atoms. The van der Waals surface area contributed by atoms with Crippen molar-refractivity contribution < 1.29 is 0 Å². The summed E-state index contributed by atoms with van der Waals surface area (Å²) < 4.78 is 0. The largest absolute Gasteiger partial charge is 0.329 e. The van der Waals surface area contributed by atoms with E-state index in [9.17, 15) is 0 Å². The molecule has 1 unspecified atom stereocenters. The molecule has 0 spiro atoms. The SMILES string of the molecule is CN(CCc1ccccc1)C(CN)CC1CCCCC1. The standard InChI is InChI=1S/C18H30N2/c1-20(13-12-16-8-4-2-5-9-16)18(15-19)14-17-10-6-3-7-11-17/h2,4-5,8-9,17-18H,3,6-7,10-15,19H2,1H3. The predicted octanol–water partition coefficient (Wildman–Crippen LogP) is 3.46. The minimum absolute atomic E-state index is 0.557. The quantitative estimate of drug-likeness (QED) is 0.825. The van der Waals surface area contributed by atoms with Crippen LogP contribution < -0.4 is 5.73 Å². The predicted molar refractivity (Wildman–Crippen MR) is 86.8 cm³/mol. The Balaban J connectivity index is 1.77. The van der Waals surface area contributed by atoms with Gasteiger partial charge in [-0.3, -0.25) is 0 Å². The average molecular weight is 274 g/mol. The lowest BCUT2D eigenvalue weighted by atomic mass is 9.84. The van der Waals surface area contributed by atoms with Gasteiger partial charge in [0, 0.05) is 19.1 Å². The molecule has 0 radical (unpaired) electrons. The van der Waals surface area contributed by atoms with Gasteiger partial charge in [-0.1, -0.05) is 62.4 Å². The van der Waals surface area contributed by atoms with Crippen molar-refractivity contribution in [2.24, 2.45) is 11.7 Å². The third-order valence-electron chi connectivity index (χ3n) is 4.82. The van der Waals surface area contributed by atoms with Gasteiger partial charge in [0.15, 0.2) is 0 Å². The Kier molecular flexibility index (Phi) is 6.55. The third kappa shape index (κ3) is 4.92. The van der Waals surface area contributed by atoms with Crippen LogP contribution in [0.1, 0.15) is 44.1 Å². The van der Waals surface area contributed by atoms with Crippen LogP contribution in [0.25, 0.3) is 0 Å². The molecule has 0 aliphatic heterocycles. The molecule has 1 aliphatic rings. The molecule has 0 saturated heterocycles. The molecule has 0 aromatic heterocycles. The zero-order valence-electron chi connectivity index (χ0n) is 12.9. The molecule has 1 aromatic carbocycles. The van der Waals surface area contributed by atoms with Gasteiger partial charge in [-0.15, -0.1) is 0 Å². The lowest BCUT2D eigenvalue weighted by Crippen LogP contribution is -2.40. The second-order valence-electron chi connectivity index (χ2n) is 6.35. The lowest BCUT2D eigenvalue weighted by molar-refractivity contribution is 0.193. The Morgan fingerprint density at radius 1 is 1.15 bits per heavy atom. The van der Waals surface area contributed by atoms with Gasteiger partial charge in [-0.25, -0.2) is 0 Å². The summed E-state index contributed by atoms with van der Waals surface area (Å²) in [4.78, 5) is 2.47. The van der Waals surface area contributed by atoms with Gasteiger partial charge < -0.3 is 10.6 Å². The van der Waals surface area contributed by atoms with Crippen LogP contribution in [-0.2, 0) is 6.42 Å². The Bertz CT molecular complexity index is 357. The van der Waals surface area contributed by atoms with Crippen molar-refractivity contribution in [3.63, 3.8) is 0 Å². The highest BCUT2D eigenvalue weighted by atomic mass is 15.1. The van der Waals surface area contributed by atoms with Crippen LogP contribution in [0.5, 0.6) is 0 Å². The maximum Gasteiger partial charge on any atom is 0.0218 e.